The molecule has 0 aromatic rings. The summed E-state index contributed by atoms with van der Waals surface area (Å²) in [5, 5.41) is 6.37. The van der Waals surface area contributed by atoms with Crippen LogP contribution < -0.4 is 10.6 Å². The number of carbonyl (C=O) groups is 1. The quantitative estimate of drug-likeness (QED) is 0.729. The van der Waals surface area contributed by atoms with Crippen molar-refractivity contribution in [2.45, 2.75) is 44.8 Å². The van der Waals surface area contributed by atoms with Crippen LogP contribution in [0.1, 0.15) is 38.5 Å². The molecule has 3 fully saturated rings. The lowest BCUT2D eigenvalue weighted by molar-refractivity contribution is -0.111. The van der Waals surface area contributed by atoms with E-state index >= 15 is 0 Å². The molecular weight excluding hydrogens is 292 g/mol. The van der Waals surface area contributed by atoms with E-state index in [0.717, 1.165) is 44.9 Å². The number of hydrogen-bond acceptors (Lipinski definition) is 5. The van der Waals surface area contributed by atoms with E-state index in [-0.39, 0.29) is 6.29 Å². The van der Waals surface area contributed by atoms with Crippen molar-refractivity contribution >= 4 is 6.29 Å². The lowest BCUT2D eigenvalue weighted by Crippen LogP contribution is -2.30. The summed E-state index contributed by atoms with van der Waals surface area (Å²) in [5.74, 6) is 2.35. The van der Waals surface area contributed by atoms with Gasteiger partial charge in [0, 0.05) is 11.8 Å². The highest BCUT2D eigenvalue weighted by atomic mass is 16.7. The van der Waals surface area contributed by atoms with Gasteiger partial charge in [-0.3, -0.25) is 0 Å². The van der Waals surface area contributed by atoms with E-state index < -0.39 is 0 Å². The van der Waals surface area contributed by atoms with Gasteiger partial charge in [0.15, 0.2) is 6.29 Å². The van der Waals surface area contributed by atoms with Crippen molar-refractivity contribution in [3.63, 3.8) is 0 Å². The normalized spacial score (nSPS) is 34.3. The van der Waals surface area contributed by atoms with Crippen molar-refractivity contribution in [3.8, 4) is 0 Å². The fourth-order valence-corrected chi connectivity index (χ4v) is 4.32. The molecule has 0 radical (unpaired) electrons. The standard InChI is InChI=1S/C10H19NO2.C8H15NO/c1-11-7-8-3-2-4-9(8)10-12-5-6-13-10;1-9-5-7-3-2-4-8(7)6-10/h8-11H,2-7H2,1H3;6-9H,2-5H2,1H3/t8-,9+;7-,8-/m00/s1. The number of nitrogens with one attached hydrogen (secondary N) is 2. The maximum absolute atomic E-state index is 10.5. The summed E-state index contributed by atoms with van der Waals surface area (Å²) in [5.41, 5.74) is 0. The maximum Gasteiger partial charge on any atom is 0.160 e. The van der Waals surface area contributed by atoms with Crippen LogP contribution in [0.5, 0.6) is 0 Å². The van der Waals surface area contributed by atoms with E-state index in [4.69, 9.17) is 9.47 Å². The Kier molecular flexibility index (Phi) is 8.51. The van der Waals surface area contributed by atoms with E-state index in [9.17, 15) is 4.79 Å². The Hall–Kier alpha value is -0.490. The number of ether oxygens (including phenoxy) is 2. The SMILES string of the molecule is CNC[C@@H]1CCC[C@H]1C1OCCO1.CNC[C@@H]1CCC[C@H]1C=O. The molecule has 5 heteroatoms. The van der Waals surface area contributed by atoms with Gasteiger partial charge >= 0.3 is 0 Å². The van der Waals surface area contributed by atoms with Crippen molar-refractivity contribution in [1.29, 1.82) is 0 Å². The van der Waals surface area contributed by atoms with Crippen LogP contribution in [0.4, 0.5) is 0 Å². The summed E-state index contributed by atoms with van der Waals surface area (Å²) in [4.78, 5) is 10.5. The Morgan fingerprint density at radius 3 is 2.17 bits per heavy atom. The molecule has 3 aliphatic rings. The molecule has 1 heterocycles. The van der Waals surface area contributed by atoms with Crippen molar-refractivity contribution in [3.05, 3.63) is 0 Å². The van der Waals surface area contributed by atoms with Crippen LogP contribution in [-0.4, -0.2) is 53.0 Å². The molecule has 0 aromatic carbocycles. The Labute approximate surface area is 140 Å². The molecule has 1 aliphatic heterocycles. The molecule has 0 bridgehead atoms. The highest BCUT2D eigenvalue weighted by Gasteiger charge is 2.36. The first-order chi connectivity index (χ1) is 11.3. The van der Waals surface area contributed by atoms with Crippen molar-refractivity contribution in [2.24, 2.45) is 23.7 Å². The van der Waals surface area contributed by atoms with E-state index in [1.165, 1.54) is 32.1 Å². The molecule has 5 nitrogen and oxygen atoms in total. The van der Waals surface area contributed by atoms with E-state index in [1.807, 2.05) is 14.1 Å². The van der Waals surface area contributed by atoms with Gasteiger partial charge in [-0.05, 0) is 64.7 Å². The Bertz CT molecular complexity index is 334. The van der Waals surface area contributed by atoms with Gasteiger partial charge in [-0.2, -0.15) is 0 Å². The largest absolute Gasteiger partial charge is 0.350 e. The molecule has 23 heavy (non-hydrogen) atoms. The molecule has 2 saturated carbocycles. The van der Waals surface area contributed by atoms with E-state index in [2.05, 4.69) is 10.6 Å². The number of aldehydes is 1. The van der Waals surface area contributed by atoms with Crippen LogP contribution in [0.2, 0.25) is 0 Å². The maximum atomic E-state index is 10.5. The molecule has 4 atom stereocenters. The summed E-state index contributed by atoms with van der Waals surface area (Å²) in [6.07, 6.45) is 8.72. The van der Waals surface area contributed by atoms with Gasteiger partial charge in [-0.15, -0.1) is 0 Å². The molecular formula is C18H34N2O3. The van der Waals surface area contributed by atoms with Gasteiger partial charge in [0.1, 0.15) is 6.29 Å². The Balaban J connectivity index is 0.000000174. The monoisotopic (exact) mass is 326 g/mol. The van der Waals surface area contributed by atoms with Gasteiger partial charge in [0.2, 0.25) is 0 Å². The molecule has 3 rings (SSSR count). The van der Waals surface area contributed by atoms with Gasteiger partial charge < -0.3 is 24.9 Å². The topological polar surface area (TPSA) is 59.6 Å². The van der Waals surface area contributed by atoms with Crippen LogP contribution in [0.25, 0.3) is 0 Å². The van der Waals surface area contributed by atoms with Crippen molar-refractivity contribution in [1.82, 2.24) is 10.6 Å². The fourth-order valence-electron chi connectivity index (χ4n) is 4.32. The minimum Gasteiger partial charge on any atom is -0.350 e. The van der Waals surface area contributed by atoms with Crippen LogP contribution >= 0.6 is 0 Å². The third kappa shape index (κ3) is 5.52. The smallest absolute Gasteiger partial charge is 0.160 e. The lowest BCUT2D eigenvalue weighted by atomic mass is 9.95. The third-order valence-electron chi connectivity index (χ3n) is 5.54. The number of rotatable bonds is 6. The Morgan fingerprint density at radius 2 is 1.52 bits per heavy atom. The van der Waals surface area contributed by atoms with Gasteiger partial charge in [0.05, 0.1) is 13.2 Å². The predicted octanol–water partition coefficient (Wildman–Crippen LogP) is 1.82. The third-order valence-corrected chi connectivity index (χ3v) is 5.54. The second kappa shape index (κ2) is 10.4. The van der Waals surface area contributed by atoms with Crippen LogP contribution in [-0.2, 0) is 14.3 Å². The van der Waals surface area contributed by atoms with Crippen molar-refractivity contribution < 1.29 is 14.3 Å². The molecule has 1 saturated heterocycles. The zero-order valence-electron chi connectivity index (χ0n) is 14.8. The molecule has 0 aromatic heterocycles. The average molecular weight is 326 g/mol. The van der Waals surface area contributed by atoms with Gasteiger partial charge in [-0.1, -0.05) is 12.8 Å². The number of hydrogen-bond donors (Lipinski definition) is 2. The van der Waals surface area contributed by atoms with Crippen molar-refractivity contribution in [2.75, 3.05) is 40.4 Å². The predicted molar refractivity (Wildman–Crippen MR) is 91.3 cm³/mol. The second-order valence-corrected chi connectivity index (χ2v) is 7.07. The molecule has 0 unspecified atom stereocenters. The summed E-state index contributed by atoms with van der Waals surface area (Å²) in [6, 6.07) is 0. The van der Waals surface area contributed by atoms with Gasteiger partial charge in [0.25, 0.3) is 0 Å². The zero-order valence-corrected chi connectivity index (χ0v) is 14.8. The summed E-state index contributed by atoms with van der Waals surface area (Å²) >= 11 is 0. The highest BCUT2D eigenvalue weighted by molar-refractivity contribution is 5.54. The van der Waals surface area contributed by atoms with Crippen LogP contribution in [0.15, 0.2) is 0 Å². The fraction of sp³-hybridized carbons (Fsp3) is 0.944. The average Bonchev–Trinajstić information content (AvgIpc) is 3.29. The summed E-state index contributed by atoms with van der Waals surface area (Å²) < 4.78 is 11.1. The second-order valence-electron chi connectivity index (χ2n) is 7.07. The number of carbonyl (C=O) groups excluding carboxylic acids is 1. The molecule has 2 aliphatic carbocycles. The van der Waals surface area contributed by atoms with E-state index in [1.54, 1.807) is 0 Å². The first kappa shape index (κ1) is 18.8. The molecule has 2 N–H and O–H groups in total. The van der Waals surface area contributed by atoms with Crippen LogP contribution in [0, 0.1) is 23.7 Å². The summed E-state index contributed by atoms with van der Waals surface area (Å²) in [6.45, 7) is 3.68. The van der Waals surface area contributed by atoms with Crippen LogP contribution in [0.3, 0.4) is 0 Å². The zero-order chi connectivity index (χ0) is 16.5. The lowest BCUT2D eigenvalue weighted by Gasteiger charge is -2.23. The first-order valence-corrected chi connectivity index (χ1v) is 9.27. The minimum absolute atomic E-state index is 0.0980. The Morgan fingerprint density at radius 1 is 0.913 bits per heavy atom. The molecule has 0 amide bonds. The summed E-state index contributed by atoms with van der Waals surface area (Å²) in [7, 11) is 3.96. The van der Waals surface area contributed by atoms with E-state index in [0.29, 0.717) is 17.8 Å². The van der Waals surface area contributed by atoms with Gasteiger partial charge in [-0.25, -0.2) is 0 Å². The first-order valence-electron chi connectivity index (χ1n) is 9.27. The molecule has 0 spiro atoms. The molecule has 134 valence electrons. The minimum atomic E-state index is 0.0980. The highest BCUT2D eigenvalue weighted by Crippen LogP contribution is 2.36.